The lowest BCUT2D eigenvalue weighted by atomic mass is 9.96. The Labute approximate surface area is 171 Å². The molecular weight excluding hydrogens is 390 g/mol. The maximum atomic E-state index is 12.8. The molecule has 0 saturated carbocycles. The predicted molar refractivity (Wildman–Crippen MR) is 109 cm³/mol. The molecule has 1 heterocycles. The van der Waals surface area contributed by atoms with Crippen LogP contribution in [0.5, 0.6) is 0 Å². The summed E-state index contributed by atoms with van der Waals surface area (Å²) in [5.74, 6) is -0.875. The molecular formula is C21H25N3O4S. The Bertz CT molecular complexity index is 967. The summed E-state index contributed by atoms with van der Waals surface area (Å²) < 4.78 is 27.0. The van der Waals surface area contributed by atoms with Crippen molar-refractivity contribution in [1.29, 1.82) is 0 Å². The minimum atomic E-state index is -3.67. The highest BCUT2D eigenvalue weighted by molar-refractivity contribution is 7.89. The van der Waals surface area contributed by atoms with Crippen molar-refractivity contribution in [3.63, 3.8) is 0 Å². The van der Waals surface area contributed by atoms with Gasteiger partial charge in [-0.05, 0) is 49.6 Å². The second-order valence-electron chi connectivity index (χ2n) is 7.21. The second kappa shape index (κ2) is 8.75. The van der Waals surface area contributed by atoms with Crippen LogP contribution in [-0.2, 0) is 14.8 Å². The Morgan fingerprint density at radius 1 is 1.03 bits per heavy atom. The van der Waals surface area contributed by atoms with Crippen LogP contribution in [0.2, 0.25) is 0 Å². The van der Waals surface area contributed by atoms with Gasteiger partial charge < -0.3 is 11.1 Å². The van der Waals surface area contributed by atoms with E-state index in [2.05, 4.69) is 5.32 Å². The largest absolute Gasteiger partial charge is 0.366 e. The van der Waals surface area contributed by atoms with E-state index in [0.717, 1.165) is 5.56 Å². The molecule has 7 nitrogen and oxygen atoms in total. The SMILES string of the molecule is C[C@H](NC(=O)C1CCN(S(=O)(=O)c2ccc(C(N)=O)cc2)CC1)c1ccccc1. The van der Waals surface area contributed by atoms with E-state index in [1.54, 1.807) is 0 Å². The molecule has 0 spiro atoms. The zero-order valence-corrected chi connectivity index (χ0v) is 17.1. The van der Waals surface area contributed by atoms with Crippen LogP contribution in [0.25, 0.3) is 0 Å². The maximum absolute atomic E-state index is 12.8. The number of nitrogens with two attached hydrogens (primary N) is 1. The highest BCUT2D eigenvalue weighted by atomic mass is 32.2. The Hall–Kier alpha value is -2.71. The summed E-state index contributed by atoms with van der Waals surface area (Å²) in [6.45, 7) is 2.48. The van der Waals surface area contributed by atoms with Crippen LogP contribution in [0.15, 0.2) is 59.5 Å². The standard InChI is InChI=1S/C21H25N3O4S/c1-15(16-5-3-2-4-6-16)23-21(26)18-11-13-24(14-12-18)29(27,28)19-9-7-17(8-10-19)20(22)25/h2-10,15,18H,11-14H2,1H3,(H2,22,25)(H,23,26)/t15-/m0/s1. The summed E-state index contributed by atoms with van der Waals surface area (Å²) in [7, 11) is -3.67. The van der Waals surface area contributed by atoms with Gasteiger partial charge in [0.2, 0.25) is 21.8 Å². The number of primary amides is 1. The number of benzene rings is 2. The Morgan fingerprint density at radius 2 is 1.62 bits per heavy atom. The molecule has 3 rings (SSSR count). The van der Waals surface area contributed by atoms with E-state index in [0.29, 0.717) is 12.8 Å². The van der Waals surface area contributed by atoms with E-state index < -0.39 is 15.9 Å². The number of carbonyl (C=O) groups is 2. The number of sulfonamides is 1. The Morgan fingerprint density at radius 3 is 2.17 bits per heavy atom. The van der Waals surface area contributed by atoms with Crippen molar-refractivity contribution < 1.29 is 18.0 Å². The molecule has 0 aromatic heterocycles. The Balaban J connectivity index is 1.59. The molecule has 2 amide bonds. The topological polar surface area (TPSA) is 110 Å². The van der Waals surface area contributed by atoms with Crippen molar-refractivity contribution in [2.45, 2.75) is 30.7 Å². The molecule has 2 aromatic rings. The summed E-state index contributed by atoms with van der Waals surface area (Å²) in [6.07, 6.45) is 0.928. The number of amides is 2. The van der Waals surface area contributed by atoms with Crippen molar-refractivity contribution >= 4 is 21.8 Å². The molecule has 8 heteroatoms. The molecule has 0 unspecified atom stereocenters. The lowest BCUT2D eigenvalue weighted by Crippen LogP contribution is -2.43. The van der Waals surface area contributed by atoms with Crippen molar-refractivity contribution in [3.05, 3.63) is 65.7 Å². The first-order chi connectivity index (χ1) is 13.8. The first-order valence-electron chi connectivity index (χ1n) is 9.54. The molecule has 1 atom stereocenters. The van der Waals surface area contributed by atoms with E-state index in [4.69, 9.17) is 5.73 Å². The first-order valence-corrected chi connectivity index (χ1v) is 11.0. The number of rotatable bonds is 6. The lowest BCUT2D eigenvalue weighted by molar-refractivity contribution is -0.126. The van der Waals surface area contributed by atoms with E-state index >= 15 is 0 Å². The number of piperidine rings is 1. The van der Waals surface area contributed by atoms with Crippen LogP contribution >= 0.6 is 0 Å². The second-order valence-corrected chi connectivity index (χ2v) is 9.15. The van der Waals surface area contributed by atoms with Crippen molar-refractivity contribution in [3.8, 4) is 0 Å². The minimum Gasteiger partial charge on any atom is -0.366 e. The van der Waals surface area contributed by atoms with Gasteiger partial charge in [-0.1, -0.05) is 30.3 Å². The third kappa shape index (κ3) is 4.83. The highest BCUT2D eigenvalue weighted by Gasteiger charge is 2.32. The Kier molecular flexibility index (Phi) is 6.34. The van der Waals surface area contributed by atoms with Crippen LogP contribution in [0.4, 0.5) is 0 Å². The van der Waals surface area contributed by atoms with Crippen molar-refractivity contribution in [2.24, 2.45) is 11.7 Å². The van der Waals surface area contributed by atoms with Gasteiger partial charge >= 0.3 is 0 Å². The summed E-state index contributed by atoms with van der Waals surface area (Å²) in [5, 5.41) is 3.02. The number of nitrogens with zero attached hydrogens (tertiary/aromatic N) is 1. The molecule has 29 heavy (non-hydrogen) atoms. The van der Waals surface area contributed by atoms with Crippen LogP contribution < -0.4 is 11.1 Å². The fraction of sp³-hybridized carbons (Fsp3) is 0.333. The molecule has 3 N–H and O–H groups in total. The van der Waals surface area contributed by atoms with E-state index in [-0.39, 0.29) is 41.4 Å². The molecule has 1 fully saturated rings. The summed E-state index contributed by atoms with van der Waals surface area (Å²) in [6, 6.07) is 15.2. The summed E-state index contributed by atoms with van der Waals surface area (Å²) >= 11 is 0. The van der Waals surface area contributed by atoms with Gasteiger partial charge in [0.15, 0.2) is 0 Å². The molecule has 0 radical (unpaired) electrons. The third-order valence-electron chi connectivity index (χ3n) is 5.26. The van der Waals surface area contributed by atoms with Gasteiger partial charge in [0.05, 0.1) is 10.9 Å². The molecule has 1 aliphatic rings. The zero-order valence-electron chi connectivity index (χ0n) is 16.2. The number of carbonyl (C=O) groups excluding carboxylic acids is 2. The van der Waals surface area contributed by atoms with Gasteiger partial charge in [-0.15, -0.1) is 0 Å². The van der Waals surface area contributed by atoms with Gasteiger partial charge in [0.25, 0.3) is 0 Å². The molecule has 154 valence electrons. The van der Waals surface area contributed by atoms with Crippen LogP contribution in [0.3, 0.4) is 0 Å². The smallest absolute Gasteiger partial charge is 0.248 e. The van der Waals surface area contributed by atoms with Gasteiger partial charge in [-0.2, -0.15) is 4.31 Å². The number of hydrogen-bond acceptors (Lipinski definition) is 4. The van der Waals surface area contributed by atoms with Gasteiger partial charge in [-0.25, -0.2) is 8.42 Å². The molecule has 1 aliphatic heterocycles. The third-order valence-corrected chi connectivity index (χ3v) is 7.17. The average molecular weight is 416 g/mol. The molecule has 2 aromatic carbocycles. The van der Waals surface area contributed by atoms with E-state index in [1.807, 2.05) is 37.3 Å². The summed E-state index contributed by atoms with van der Waals surface area (Å²) in [4.78, 5) is 23.9. The normalized spacial score (nSPS) is 16.9. The minimum absolute atomic E-state index is 0.0517. The van der Waals surface area contributed by atoms with Crippen LogP contribution in [0.1, 0.15) is 41.7 Å². The molecule has 0 aliphatic carbocycles. The summed E-state index contributed by atoms with van der Waals surface area (Å²) in [5.41, 5.74) is 6.48. The highest BCUT2D eigenvalue weighted by Crippen LogP contribution is 2.25. The van der Waals surface area contributed by atoms with Gasteiger partial charge in [0, 0.05) is 24.6 Å². The number of hydrogen-bond donors (Lipinski definition) is 2. The van der Waals surface area contributed by atoms with Gasteiger partial charge in [-0.3, -0.25) is 9.59 Å². The van der Waals surface area contributed by atoms with Crippen LogP contribution in [0, 0.1) is 5.92 Å². The fourth-order valence-electron chi connectivity index (χ4n) is 3.45. The number of nitrogens with one attached hydrogen (secondary N) is 1. The predicted octanol–water partition coefficient (Wildman–Crippen LogP) is 2.06. The van der Waals surface area contributed by atoms with E-state index in [9.17, 15) is 18.0 Å². The maximum Gasteiger partial charge on any atom is 0.248 e. The average Bonchev–Trinajstić information content (AvgIpc) is 2.74. The van der Waals surface area contributed by atoms with Gasteiger partial charge in [0.1, 0.15) is 0 Å². The first kappa shape index (κ1) is 21.0. The van der Waals surface area contributed by atoms with Crippen molar-refractivity contribution in [2.75, 3.05) is 13.1 Å². The fourth-order valence-corrected chi connectivity index (χ4v) is 4.92. The lowest BCUT2D eigenvalue weighted by Gasteiger charge is -2.31. The quantitative estimate of drug-likeness (QED) is 0.752. The van der Waals surface area contributed by atoms with Crippen LogP contribution in [-0.4, -0.2) is 37.6 Å². The van der Waals surface area contributed by atoms with Crippen molar-refractivity contribution in [1.82, 2.24) is 9.62 Å². The van der Waals surface area contributed by atoms with E-state index in [1.165, 1.54) is 28.6 Å². The molecule has 0 bridgehead atoms. The molecule has 1 saturated heterocycles. The monoisotopic (exact) mass is 415 g/mol. The zero-order chi connectivity index (χ0) is 21.0.